The van der Waals surface area contributed by atoms with Gasteiger partial charge in [-0.1, -0.05) is 0 Å². The van der Waals surface area contributed by atoms with E-state index in [1.165, 1.54) is 29.0 Å². The molecule has 0 fully saturated rings. The largest absolute Gasteiger partial charge is 0.308 e. The van der Waals surface area contributed by atoms with Crippen molar-refractivity contribution in [2.24, 2.45) is 0 Å². The molecule has 0 radical (unpaired) electrons. The molecular weight excluding hydrogens is 256 g/mol. The number of nitriles is 1. The van der Waals surface area contributed by atoms with Crippen molar-refractivity contribution in [1.82, 2.24) is 4.57 Å². The van der Waals surface area contributed by atoms with Crippen LogP contribution in [0.3, 0.4) is 0 Å². The summed E-state index contributed by atoms with van der Waals surface area (Å²) in [5, 5.41) is 19.5. The predicted octanol–water partition coefficient (Wildman–Crippen LogP) is 3.19. The summed E-state index contributed by atoms with van der Waals surface area (Å²) in [6.45, 7) is 0. The van der Waals surface area contributed by atoms with E-state index in [2.05, 4.69) is 0 Å². The van der Waals surface area contributed by atoms with Gasteiger partial charge in [0.15, 0.2) is 0 Å². The summed E-state index contributed by atoms with van der Waals surface area (Å²) in [7, 11) is 0. The zero-order valence-electron chi connectivity index (χ0n) is 9.46. The molecule has 1 heterocycles. The summed E-state index contributed by atoms with van der Waals surface area (Å²) >= 11 is 0. The Bertz CT molecular complexity index is 674. The van der Waals surface area contributed by atoms with Crippen LogP contribution in [0.15, 0.2) is 36.5 Å². The second-order valence-electron chi connectivity index (χ2n) is 3.68. The quantitative estimate of drug-likeness (QED) is 0.630. The number of rotatable bonds is 3. The summed E-state index contributed by atoms with van der Waals surface area (Å²) in [4.78, 5) is 9.86. The van der Waals surface area contributed by atoms with Crippen molar-refractivity contribution < 1.29 is 13.7 Å². The lowest BCUT2D eigenvalue weighted by Crippen LogP contribution is -2.02. The van der Waals surface area contributed by atoms with Gasteiger partial charge in [-0.25, -0.2) is 8.78 Å². The van der Waals surface area contributed by atoms with Crippen LogP contribution in [0.2, 0.25) is 0 Å². The Morgan fingerprint density at radius 3 is 2.68 bits per heavy atom. The van der Waals surface area contributed by atoms with Crippen molar-refractivity contribution >= 4 is 5.69 Å². The Morgan fingerprint density at radius 1 is 1.37 bits per heavy atom. The second-order valence-corrected chi connectivity index (χ2v) is 3.68. The summed E-state index contributed by atoms with van der Waals surface area (Å²) in [6.07, 6.45) is -1.42. The molecule has 0 aliphatic carbocycles. The van der Waals surface area contributed by atoms with E-state index in [4.69, 9.17) is 5.26 Å². The van der Waals surface area contributed by atoms with Gasteiger partial charge in [0, 0.05) is 23.9 Å². The van der Waals surface area contributed by atoms with E-state index in [-0.39, 0.29) is 11.4 Å². The van der Waals surface area contributed by atoms with E-state index in [0.717, 1.165) is 12.1 Å². The summed E-state index contributed by atoms with van der Waals surface area (Å²) in [5.41, 5.74) is -0.662. The van der Waals surface area contributed by atoms with Crippen molar-refractivity contribution in [1.29, 1.82) is 5.26 Å². The van der Waals surface area contributed by atoms with E-state index in [1.807, 2.05) is 6.07 Å². The van der Waals surface area contributed by atoms with Crippen LogP contribution in [0, 0.1) is 21.4 Å². The number of hydrogen-bond donors (Lipinski definition) is 0. The van der Waals surface area contributed by atoms with E-state index in [1.54, 1.807) is 0 Å². The minimum Gasteiger partial charge on any atom is -0.308 e. The van der Waals surface area contributed by atoms with Crippen LogP contribution in [0.5, 0.6) is 0 Å². The average molecular weight is 263 g/mol. The number of benzene rings is 1. The fraction of sp³-hybridized carbons (Fsp3) is 0.0833. The van der Waals surface area contributed by atoms with Gasteiger partial charge in [-0.15, -0.1) is 0 Å². The first kappa shape index (κ1) is 12.7. The average Bonchev–Trinajstić information content (AvgIpc) is 2.85. The first-order valence-corrected chi connectivity index (χ1v) is 5.19. The summed E-state index contributed by atoms with van der Waals surface area (Å²) < 4.78 is 27.2. The van der Waals surface area contributed by atoms with E-state index in [9.17, 15) is 18.9 Å². The highest BCUT2D eigenvalue weighted by atomic mass is 19.3. The van der Waals surface area contributed by atoms with Crippen molar-refractivity contribution in [3.63, 3.8) is 0 Å². The molecule has 0 spiro atoms. The number of aromatic nitrogens is 1. The molecule has 2 aromatic rings. The van der Waals surface area contributed by atoms with Crippen LogP contribution in [0.1, 0.15) is 17.7 Å². The first-order chi connectivity index (χ1) is 9.04. The van der Waals surface area contributed by atoms with Crippen molar-refractivity contribution in [3.8, 4) is 11.8 Å². The molecule has 0 bridgehead atoms. The van der Waals surface area contributed by atoms with Gasteiger partial charge in [0.25, 0.3) is 12.1 Å². The number of nitro benzene ring substituents is 1. The lowest BCUT2D eigenvalue weighted by Gasteiger charge is -2.10. The number of nitro groups is 1. The Morgan fingerprint density at radius 2 is 2.11 bits per heavy atom. The fourth-order valence-electron chi connectivity index (χ4n) is 1.73. The van der Waals surface area contributed by atoms with Gasteiger partial charge >= 0.3 is 0 Å². The molecule has 0 saturated heterocycles. The molecule has 0 aliphatic rings. The molecule has 0 saturated carbocycles. The predicted molar refractivity (Wildman–Crippen MR) is 62.1 cm³/mol. The first-order valence-electron chi connectivity index (χ1n) is 5.19. The Kier molecular flexibility index (Phi) is 3.25. The maximum atomic E-state index is 13.0. The molecular formula is C12H7F2N3O2. The monoisotopic (exact) mass is 263 g/mol. The van der Waals surface area contributed by atoms with Crippen LogP contribution in [-0.4, -0.2) is 9.49 Å². The number of non-ortho nitro benzene ring substituents is 1. The number of alkyl halides is 2. The van der Waals surface area contributed by atoms with Crippen LogP contribution in [0.25, 0.3) is 5.69 Å². The van der Waals surface area contributed by atoms with Crippen molar-refractivity contribution in [2.45, 2.75) is 6.43 Å². The lowest BCUT2D eigenvalue weighted by molar-refractivity contribution is -0.385. The molecule has 1 aromatic carbocycles. The van der Waals surface area contributed by atoms with Gasteiger partial charge < -0.3 is 4.57 Å². The SMILES string of the molecule is N#Cc1cccn1-c1ccc([N+](=O)[O-])cc1C(F)F. The van der Waals surface area contributed by atoms with Crippen LogP contribution in [-0.2, 0) is 0 Å². The molecule has 0 atom stereocenters. The maximum absolute atomic E-state index is 13.0. The third-order valence-electron chi connectivity index (χ3n) is 2.58. The molecule has 7 heteroatoms. The molecule has 1 aromatic heterocycles. The molecule has 19 heavy (non-hydrogen) atoms. The van der Waals surface area contributed by atoms with Crippen molar-refractivity contribution in [2.75, 3.05) is 0 Å². The Balaban J connectivity index is 2.64. The second kappa shape index (κ2) is 4.86. The molecule has 0 amide bonds. The molecule has 0 N–H and O–H groups in total. The van der Waals surface area contributed by atoms with Gasteiger partial charge in [-0.3, -0.25) is 10.1 Å². The molecule has 96 valence electrons. The van der Waals surface area contributed by atoms with Gasteiger partial charge in [0.1, 0.15) is 11.8 Å². The van der Waals surface area contributed by atoms with Gasteiger partial charge in [-0.2, -0.15) is 5.26 Å². The molecule has 2 rings (SSSR count). The lowest BCUT2D eigenvalue weighted by atomic mass is 10.1. The van der Waals surface area contributed by atoms with Crippen LogP contribution >= 0.6 is 0 Å². The van der Waals surface area contributed by atoms with Crippen LogP contribution < -0.4 is 0 Å². The zero-order chi connectivity index (χ0) is 14.0. The highest BCUT2D eigenvalue weighted by Gasteiger charge is 2.19. The number of halogens is 2. The standard InChI is InChI=1S/C12H7F2N3O2/c13-12(14)10-6-8(17(18)19)3-4-11(10)16-5-1-2-9(16)7-15/h1-6,12H. The minimum absolute atomic E-state index is 0.0575. The minimum atomic E-state index is -2.87. The highest BCUT2D eigenvalue weighted by Crippen LogP contribution is 2.30. The molecule has 5 nitrogen and oxygen atoms in total. The molecule has 0 aliphatic heterocycles. The smallest absolute Gasteiger partial charge is 0.270 e. The number of hydrogen-bond acceptors (Lipinski definition) is 3. The highest BCUT2D eigenvalue weighted by molar-refractivity contribution is 5.51. The normalized spacial score (nSPS) is 10.4. The third kappa shape index (κ3) is 2.28. The summed E-state index contributed by atoms with van der Waals surface area (Å²) in [5.74, 6) is 0. The third-order valence-corrected chi connectivity index (χ3v) is 2.58. The van der Waals surface area contributed by atoms with Gasteiger partial charge in [0.05, 0.1) is 10.6 Å². The molecule has 0 unspecified atom stereocenters. The Hall–Kier alpha value is -2.75. The maximum Gasteiger partial charge on any atom is 0.270 e. The van der Waals surface area contributed by atoms with E-state index in [0.29, 0.717) is 0 Å². The van der Waals surface area contributed by atoms with Gasteiger partial charge in [-0.05, 0) is 18.2 Å². The topological polar surface area (TPSA) is 71.9 Å². The van der Waals surface area contributed by atoms with E-state index >= 15 is 0 Å². The summed E-state index contributed by atoms with van der Waals surface area (Å²) in [6, 6.07) is 8.02. The van der Waals surface area contributed by atoms with Crippen LogP contribution in [0.4, 0.5) is 14.5 Å². The van der Waals surface area contributed by atoms with E-state index < -0.39 is 22.6 Å². The Labute approximate surface area is 106 Å². The fourth-order valence-corrected chi connectivity index (χ4v) is 1.73. The zero-order valence-corrected chi connectivity index (χ0v) is 9.46. The van der Waals surface area contributed by atoms with Crippen molar-refractivity contribution in [3.05, 3.63) is 57.9 Å². The number of nitrogens with zero attached hydrogens (tertiary/aromatic N) is 3. The van der Waals surface area contributed by atoms with Gasteiger partial charge in [0.2, 0.25) is 0 Å².